The number of carbonyl (C=O) groups is 1. The Hall–Kier alpha value is -2.76. The zero-order chi connectivity index (χ0) is 17.1. The van der Waals surface area contributed by atoms with Crippen LogP contribution in [0.1, 0.15) is 23.2 Å². The summed E-state index contributed by atoms with van der Waals surface area (Å²) in [5.74, 6) is 2.79. The lowest BCUT2D eigenvalue weighted by molar-refractivity contribution is 0.0944. The Labute approximate surface area is 146 Å². The second kappa shape index (κ2) is 7.01. The number of hydrogen-bond acceptors (Lipinski definition) is 5. The van der Waals surface area contributed by atoms with Gasteiger partial charge in [-0.1, -0.05) is 6.07 Å². The highest BCUT2D eigenvalue weighted by molar-refractivity contribution is 5.94. The molecule has 1 aromatic heterocycles. The van der Waals surface area contributed by atoms with Crippen LogP contribution in [0.25, 0.3) is 0 Å². The van der Waals surface area contributed by atoms with Gasteiger partial charge in [0.25, 0.3) is 5.91 Å². The van der Waals surface area contributed by atoms with Gasteiger partial charge >= 0.3 is 0 Å². The predicted octanol–water partition coefficient (Wildman–Crippen LogP) is 2.46. The quantitative estimate of drug-likeness (QED) is 0.927. The van der Waals surface area contributed by atoms with Crippen molar-refractivity contribution >= 4 is 11.7 Å². The maximum Gasteiger partial charge on any atom is 0.251 e. The van der Waals surface area contributed by atoms with Crippen molar-refractivity contribution < 1.29 is 14.3 Å². The second-order valence-electron chi connectivity index (χ2n) is 6.40. The molecule has 0 bridgehead atoms. The minimum absolute atomic E-state index is 0.0644. The van der Waals surface area contributed by atoms with Crippen molar-refractivity contribution in [3.8, 4) is 11.5 Å². The molecule has 6 heteroatoms. The van der Waals surface area contributed by atoms with Gasteiger partial charge in [0.1, 0.15) is 5.82 Å². The van der Waals surface area contributed by atoms with E-state index in [1.165, 1.54) is 0 Å². The number of fused-ring (bicyclic) bond motifs is 1. The molecule has 0 aliphatic carbocycles. The third-order valence-electron chi connectivity index (χ3n) is 4.77. The molecular weight excluding hydrogens is 318 g/mol. The highest BCUT2D eigenvalue weighted by Crippen LogP contribution is 2.32. The van der Waals surface area contributed by atoms with Crippen molar-refractivity contribution in [3.05, 3.63) is 48.2 Å². The fourth-order valence-corrected chi connectivity index (χ4v) is 3.28. The van der Waals surface area contributed by atoms with Gasteiger partial charge in [0.15, 0.2) is 11.5 Å². The summed E-state index contributed by atoms with van der Waals surface area (Å²) >= 11 is 0. The van der Waals surface area contributed by atoms with Crippen LogP contribution in [0.2, 0.25) is 0 Å². The number of anilines is 1. The zero-order valence-electron chi connectivity index (χ0n) is 14.0. The molecule has 1 aromatic carbocycles. The molecule has 1 saturated heterocycles. The number of pyridine rings is 1. The number of aromatic nitrogens is 1. The van der Waals surface area contributed by atoms with E-state index in [4.69, 9.17) is 9.47 Å². The molecular formula is C19H21N3O3. The first-order valence-electron chi connectivity index (χ1n) is 8.63. The first-order valence-corrected chi connectivity index (χ1v) is 8.63. The number of amides is 1. The average molecular weight is 339 g/mol. The third kappa shape index (κ3) is 3.52. The van der Waals surface area contributed by atoms with E-state index in [1.54, 1.807) is 18.2 Å². The van der Waals surface area contributed by atoms with Gasteiger partial charge in [-0.2, -0.15) is 0 Å². The van der Waals surface area contributed by atoms with Gasteiger partial charge in [0, 0.05) is 31.4 Å². The average Bonchev–Trinajstić information content (AvgIpc) is 3.15. The fraction of sp³-hybridized carbons (Fsp3) is 0.368. The minimum atomic E-state index is -0.0644. The van der Waals surface area contributed by atoms with Crippen LogP contribution in [0, 0.1) is 5.92 Å². The molecule has 1 fully saturated rings. The summed E-state index contributed by atoms with van der Waals surface area (Å²) in [5.41, 5.74) is 0.607. The molecule has 130 valence electrons. The number of carbonyl (C=O) groups excluding carboxylic acids is 1. The summed E-state index contributed by atoms with van der Waals surface area (Å²) in [6.07, 6.45) is 3.93. The molecule has 0 spiro atoms. The molecule has 3 heterocycles. The molecule has 0 unspecified atom stereocenters. The molecule has 4 rings (SSSR count). The topological polar surface area (TPSA) is 63.7 Å². The van der Waals surface area contributed by atoms with Crippen LogP contribution in [-0.2, 0) is 0 Å². The van der Waals surface area contributed by atoms with Gasteiger partial charge in [0.05, 0.1) is 0 Å². The molecule has 0 radical (unpaired) electrons. The van der Waals surface area contributed by atoms with Gasteiger partial charge in [-0.15, -0.1) is 0 Å². The standard InChI is InChI=1S/C19H21N3O3/c23-19(15-4-5-16-17(11-15)25-13-24-16)21-12-14-6-9-22(10-7-14)18-3-1-2-8-20-18/h1-5,8,11,14H,6-7,9-10,12-13H2,(H,21,23). The van der Waals surface area contributed by atoms with E-state index in [0.717, 1.165) is 31.7 Å². The highest BCUT2D eigenvalue weighted by atomic mass is 16.7. The van der Waals surface area contributed by atoms with E-state index >= 15 is 0 Å². The molecule has 6 nitrogen and oxygen atoms in total. The van der Waals surface area contributed by atoms with Crippen LogP contribution < -0.4 is 19.7 Å². The zero-order valence-corrected chi connectivity index (χ0v) is 14.0. The van der Waals surface area contributed by atoms with Crippen LogP contribution in [-0.4, -0.2) is 37.3 Å². The third-order valence-corrected chi connectivity index (χ3v) is 4.77. The number of rotatable bonds is 4. The first kappa shape index (κ1) is 15.7. The molecule has 0 saturated carbocycles. The van der Waals surface area contributed by atoms with Crippen molar-refractivity contribution in [2.24, 2.45) is 5.92 Å². The summed E-state index contributed by atoms with van der Waals surface area (Å²) < 4.78 is 10.6. The minimum Gasteiger partial charge on any atom is -0.454 e. The van der Waals surface area contributed by atoms with Gasteiger partial charge < -0.3 is 19.7 Å². The molecule has 2 aliphatic rings. The number of nitrogens with zero attached hydrogens (tertiary/aromatic N) is 2. The van der Waals surface area contributed by atoms with E-state index in [2.05, 4.69) is 15.2 Å². The lowest BCUT2D eigenvalue weighted by atomic mass is 9.96. The maximum absolute atomic E-state index is 12.3. The summed E-state index contributed by atoms with van der Waals surface area (Å²) in [6.45, 7) is 2.86. The molecule has 1 amide bonds. The van der Waals surface area contributed by atoms with E-state index in [-0.39, 0.29) is 12.7 Å². The highest BCUT2D eigenvalue weighted by Gasteiger charge is 2.21. The SMILES string of the molecule is O=C(NCC1CCN(c2ccccn2)CC1)c1ccc2c(c1)OCO2. The Morgan fingerprint density at radius 1 is 1.16 bits per heavy atom. The van der Waals surface area contributed by atoms with Crippen LogP contribution in [0.5, 0.6) is 11.5 Å². The van der Waals surface area contributed by atoms with Crippen molar-refractivity contribution in [1.82, 2.24) is 10.3 Å². The summed E-state index contributed by atoms with van der Waals surface area (Å²) in [5, 5.41) is 3.05. The fourth-order valence-electron chi connectivity index (χ4n) is 3.28. The van der Waals surface area contributed by atoms with Crippen LogP contribution in [0.15, 0.2) is 42.6 Å². The monoisotopic (exact) mass is 339 g/mol. The molecule has 0 atom stereocenters. The smallest absolute Gasteiger partial charge is 0.251 e. The maximum atomic E-state index is 12.3. The van der Waals surface area contributed by atoms with Crippen molar-refractivity contribution in [3.63, 3.8) is 0 Å². The van der Waals surface area contributed by atoms with Crippen LogP contribution >= 0.6 is 0 Å². The van der Waals surface area contributed by atoms with Gasteiger partial charge in [-0.25, -0.2) is 4.98 Å². The van der Waals surface area contributed by atoms with Gasteiger partial charge in [-0.05, 0) is 49.1 Å². The van der Waals surface area contributed by atoms with Crippen molar-refractivity contribution in [2.75, 3.05) is 31.3 Å². The summed E-state index contributed by atoms with van der Waals surface area (Å²) in [6, 6.07) is 11.3. The van der Waals surface area contributed by atoms with Crippen LogP contribution in [0.4, 0.5) is 5.82 Å². The number of nitrogens with one attached hydrogen (secondary N) is 1. The predicted molar refractivity (Wildman–Crippen MR) is 94.1 cm³/mol. The molecule has 2 aromatic rings. The number of benzene rings is 1. The van der Waals surface area contributed by atoms with Crippen molar-refractivity contribution in [1.29, 1.82) is 0 Å². The number of ether oxygens (including phenoxy) is 2. The molecule has 2 aliphatic heterocycles. The lowest BCUT2D eigenvalue weighted by Gasteiger charge is -2.32. The van der Waals surface area contributed by atoms with E-state index in [1.807, 2.05) is 24.4 Å². The van der Waals surface area contributed by atoms with Gasteiger partial charge in [0.2, 0.25) is 6.79 Å². The Morgan fingerprint density at radius 2 is 2.00 bits per heavy atom. The first-order chi connectivity index (χ1) is 12.3. The summed E-state index contributed by atoms with van der Waals surface area (Å²) in [4.78, 5) is 19.1. The van der Waals surface area contributed by atoms with Gasteiger partial charge in [-0.3, -0.25) is 4.79 Å². The summed E-state index contributed by atoms with van der Waals surface area (Å²) in [7, 11) is 0. The molecule has 25 heavy (non-hydrogen) atoms. The Kier molecular flexibility index (Phi) is 4.41. The lowest BCUT2D eigenvalue weighted by Crippen LogP contribution is -2.39. The normalized spacial score (nSPS) is 16.7. The van der Waals surface area contributed by atoms with Crippen LogP contribution in [0.3, 0.4) is 0 Å². The molecule has 1 N–H and O–H groups in total. The van der Waals surface area contributed by atoms with E-state index < -0.39 is 0 Å². The van der Waals surface area contributed by atoms with Crippen molar-refractivity contribution in [2.45, 2.75) is 12.8 Å². The van der Waals surface area contributed by atoms with E-state index in [0.29, 0.717) is 29.5 Å². The Morgan fingerprint density at radius 3 is 2.80 bits per heavy atom. The second-order valence-corrected chi connectivity index (χ2v) is 6.40. The Balaban J connectivity index is 1.27. The number of piperidine rings is 1. The van der Waals surface area contributed by atoms with E-state index in [9.17, 15) is 4.79 Å². The number of hydrogen-bond donors (Lipinski definition) is 1. The Bertz CT molecular complexity index is 743. The largest absolute Gasteiger partial charge is 0.454 e.